The van der Waals surface area contributed by atoms with E-state index in [-0.39, 0.29) is 11.9 Å². The average molecular weight is 278 g/mol. The summed E-state index contributed by atoms with van der Waals surface area (Å²) < 4.78 is 4.70. The molecule has 0 fully saturated rings. The lowest BCUT2D eigenvalue weighted by Gasteiger charge is -2.09. The first kappa shape index (κ1) is 14.8. The lowest BCUT2D eigenvalue weighted by Crippen LogP contribution is -2.01. The molecule has 2 aromatic carbocycles. The van der Waals surface area contributed by atoms with Gasteiger partial charge in [0.25, 0.3) is 0 Å². The Balaban J connectivity index is 2.16. The van der Waals surface area contributed by atoms with Crippen LogP contribution in [0, 0.1) is 0 Å². The highest BCUT2D eigenvalue weighted by Gasteiger charge is 2.07. The predicted octanol–water partition coefficient (Wildman–Crippen LogP) is 4.46. The minimum absolute atomic E-state index is 0.108. The summed E-state index contributed by atoms with van der Waals surface area (Å²) in [4.78, 5) is 11.4. The van der Waals surface area contributed by atoms with E-state index in [0.29, 0.717) is 5.56 Å². The SMILES string of the molecule is C=CC(/C=C/c1ccccc1)c1ccc(C(=O)OC)cc1. The molecule has 0 saturated heterocycles. The Bertz CT molecular complexity index is 624. The van der Waals surface area contributed by atoms with Gasteiger partial charge in [-0.2, -0.15) is 0 Å². The predicted molar refractivity (Wildman–Crippen MR) is 86.2 cm³/mol. The van der Waals surface area contributed by atoms with Crippen molar-refractivity contribution in [3.05, 3.63) is 90.0 Å². The quantitative estimate of drug-likeness (QED) is 0.596. The molecule has 0 amide bonds. The zero-order valence-corrected chi connectivity index (χ0v) is 12.0. The van der Waals surface area contributed by atoms with E-state index in [4.69, 9.17) is 4.74 Å². The van der Waals surface area contributed by atoms with E-state index in [2.05, 4.69) is 30.9 Å². The van der Waals surface area contributed by atoms with Crippen LogP contribution in [0.1, 0.15) is 27.4 Å². The third-order valence-corrected chi connectivity index (χ3v) is 3.27. The van der Waals surface area contributed by atoms with Gasteiger partial charge in [0.2, 0.25) is 0 Å². The molecule has 2 aromatic rings. The molecule has 1 unspecified atom stereocenters. The molecule has 0 aliphatic rings. The minimum atomic E-state index is -0.323. The van der Waals surface area contributed by atoms with Crippen molar-refractivity contribution in [1.82, 2.24) is 0 Å². The van der Waals surface area contributed by atoms with Gasteiger partial charge in [-0.25, -0.2) is 4.79 Å². The van der Waals surface area contributed by atoms with Crippen LogP contribution in [0.3, 0.4) is 0 Å². The number of hydrogen-bond acceptors (Lipinski definition) is 2. The first-order chi connectivity index (χ1) is 10.2. The standard InChI is InChI=1S/C19H18O2/c1-3-16(10-9-15-7-5-4-6-8-15)17-11-13-18(14-12-17)19(20)21-2/h3-14,16H,1H2,2H3/b10-9+. The van der Waals surface area contributed by atoms with Crippen molar-refractivity contribution < 1.29 is 9.53 Å². The van der Waals surface area contributed by atoms with Gasteiger partial charge in [-0.3, -0.25) is 0 Å². The third kappa shape index (κ3) is 3.93. The Morgan fingerprint density at radius 1 is 1.10 bits per heavy atom. The number of hydrogen-bond donors (Lipinski definition) is 0. The molecule has 0 N–H and O–H groups in total. The van der Waals surface area contributed by atoms with Crippen LogP contribution in [0.4, 0.5) is 0 Å². The molecule has 2 nitrogen and oxygen atoms in total. The number of methoxy groups -OCH3 is 1. The number of carbonyl (C=O) groups is 1. The van der Waals surface area contributed by atoms with Crippen LogP contribution >= 0.6 is 0 Å². The van der Waals surface area contributed by atoms with E-state index in [1.165, 1.54) is 7.11 Å². The zero-order valence-electron chi connectivity index (χ0n) is 12.0. The topological polar surface area (TPSA) is 26.3 Å². The molecule has 0 bridgehead atoms. The van der Waals surface area contributed by atoms with Crippen molar-refractivity contribution in [2.75, 3.05) is 7.11 Å². The number of allylic oxidation sites excluding steroid dienone is 2. The molecule has 0 heterocycles. The van der Waals surface area contributed by atoms with Crippen molar-refractivity contribution in [3.8, 4) is 0 Å². The summed E-state index contributed by atoms with van der Waals surface area (Å²) in [5.41, 5.74) is 2.79. The van der Waals surface area contributed by atoms with Gasteiger partial charge in [0.15, 0.2) is 0 Å². The number of ether oxygens (including phenoxy) is 1. The molecule has 0 radical (unpaired) electrons. The smallest absolute Gasteiger partial charge is 0.337 e. The summed E-state index contributed by atoms with van der Waals surface area (Å²) in [5.74, 6) is -0.214. The molecule has 1 atom stereocenters. The number of carbonyl (C=O) groups excluding carboxylic acids is 1. The molecular weight excluding hydrogens is 260 g/mol. The number of rotatable bonds is 5. The summed E-state index contributed by atoms with van der Waals surface area (Å²) in [7, 11) is 1.38. The van der Waals surface area contributed by atoms with Crippen LogP contribution < -0.4 is 0 Å². The third-order valence-electron chi connectivity index (χ3n) is 3.27. The molecular formula is C19H18O2. The summed E-state index contributed by atoms with van der Waals surface area (Å²) >= 11 is 0. The molecule has 0 aromatic heterocycles. The van der Waals surface area contributed by atoms with Crippen molar-refractivity contribution in [1.29, 1.82) is 0 Å². The van der Waals surface area contributed by atoms with Gasteiger partial charge in [0.1, 0.15) is 0 Å². The van der Waals surface area contributed by atoms with E-state index in [9.17, 15) is 4.79 Å². The van der Waals surface area contributed by atoms with Crippen molar-refractivity contribution in [2.45, 2.75) is 5.92 Å². The van der Waals surface area contributed by atoms with Crippen LogP contribution in [0.2, 0.25) is 0 Å². The fourth-order valence-electron chi connectivity index (χ4n) is 2.06. The molecule has 21 heavy (non-hydrogen) atoms. The molecule has 0 spiro atoms. The molecule has 2 heteroatoms. The maximum atomic E-state index is 11.4. The Morgan fingerprint density at radius 3 is 2.33 bits per heavy atom. The second kappa shape index (κ2) is 7.25. The molecule has 0 saturated carbocycles. The van der Waals surface area contributed by atoms with Gasteiger partial charge < -0.3 is 4.74 Å². The second-order valence-corrected chi connectivity index (χ2v) is 4.64. The largest absolute Gasteiger partial charge is 0.465 e. The highest BCUT2D eigenvalue weighted by atomic mass is 16.5. The highest BCUT2D eigenvalue weighted by molar-refractivity contribution is 5.89. The van der Waals surface area contributed by atoms with Gasteiger partial charge in [-0.05, 0) is 23.3 Å². The van der Waals surface area contributed by atoms with Gasteiger partial charge in [-0.1, -0.05) is 60.7 Å². The lowest BCUT2D eigenvalue weighted by molar-refractivity contribution is 0.0600. The monoisotopic (exact) mass is 278 g/mol. The summed E-state index contributed by atoms with van der Waals surface area (Å²) in [6.07, 6.45) is 6.04. The second-order valence-electron chi connectivity index (χ2n) is 4.64. The normalized spacial score (nSPS) is 12.0. The van der Waals surface area contributed by atoms with Gasteiger partial charge in [-0.15, -0.1) is 6.58 Å². The highest BCUT2D eigenvalue weighted by Crippen LogP contribution is 2.20. The fourth-order valence-corrected chi connectivity index (χ4v) is 2.06. The van der Waals surface area contributed by atoms with Crippen molar-refractivity contribution >= 4 is 12.0 Å². The summed E-state index contributed by atoms with van der Waals surface area (Å²) in [5, 5.41) is 0. The maximum absolute atomic E-state index is 11.4. The van der Waals surface area contributed by atoms with Gasteiger partial charge in [0.05, 0.1) is 12.7 Å². The zero-order chi connectivity index (χ0) is 15.1. The Hall–Kier alpha value is -2.61. The van der Waals surface area contributed by atoms with Crippen LogP contribution in [-0.4, -0.2) is 13.1 Å². The average Bonchev–Trinajstić information content (AvgIpc) is 2.56. The number of benzene rings is 2. The Morgan fingerprint density at radius 2 is 1.76 bits per heavy atom. The van der Waals surface area contributed by atoms with E-state index < -0.39 is 0 Å². The first-order valence-electron chi connectivity index (χ1n) is 6.78. The van der Waals surface area contributed by atoms with Crippen molar-refractivity contribution in [2.24, 2.45) is 0 Å². The minimum Gasteiger partial charge on any atom is -0.465 e. The van der Waals surface area contributed by atoms with E-state index in [0.717, 1.165) is 11.1 Å². The summed E-state index contributed by atoms with van der Waals surface area (Å²) in [6.45, 7) is 3.88. The maximum Gasteiger partial charge on any atom is 0.337 e. The Labute approximate surface area is 125 Å². The fraction of sp³-hybridized carbons (Fsp3) is 0.105. The summed E-state index contributed by atoms with van der Waals surface area (Å²) in [6, 6.07) is 17.5. The lowest BCUT2D eigenvalue weighted by atomic mass is 9.97. The van der Waals surface area contributed by atoms with E-state index in [1.807, 2.05) is 36.4 Å². The molecule has 2 rings (SSSR count). The molecule has 0 aliphatic heterocycles. The van der Waals surface area contributed by atoms with Crippen LogP contribution in [0.25, 0.3) is 6.08 Å². The molecule has 0 aliphatic carbocycles. The first-order valence-corrected chi connectivity index (χ1v) is 6.78. The van der Waals surface area contributed by atoms with Crippen LogP contribution in [-0.2, 0) is 4.74 Å². The Kier molecular flexibility index (Phi) is 5.10. The van der Waals surface area contributed by atoms with Gasteiger partial charge in [0, 0.05) is 5.92 Å². The van der Waals surface area contributed by atoms with Gasteiger partial charge >= 0.3 is 5.97 Å². The number of esters is 1. The van der Waals surface area contributed by atoms with Crippen LogP contribution in [0.15, 0.2) is 73.3 Å². The molecule has 106 valence electrons. The van der Waals surface area contributed by atoms with Crippen molar-refractivity contribution in [3.63, 3.8) is 0 Å². The van der Waals surface area contributed by atoms with E-state index in [1.54, 1.807) is 12.1 Å². The van der Waals surface area contributed by atoms with Crippen LogP contribution in [0.5, 0.6) is 0 Å². The van der Waals surface area contributed by atoms with E-state index >= 15 is 0 Å².